The van der Waals surface area contributed by atoms with Crippen LogP contribution in [0.15, 0.2) is 35.1 Å². The van der Waals surface area contributed by atoms with Crippen molar-refractivity contribution >= 4 is 0 Å². The number of hydrogen-bond donors (Lipinski definition) is 1. The summed E-state index contributed by atoms with van der Waals surface area (Å²) in [6, 6.07) is 9.83. The van der Waals surface area contributed by atoms with Crippen LogP contribution in [0.25, 0.3) is 11.3 Å². The number of benzene rings is 1. The summed E-state index contributed by atoms with van der Waals surface area (Å²) < 4.78 is 7.11. The van der Waals surface area contributed by atoms with Gasteiger partial charge in [-0.05, 0) is 61.2 Å². The van der Waals surface area contributed by atoms with Gasteiger partial charge in [-0.25, -0.2) is 0 Å². The molecule has 1 aromatic carbocycles. The second kappa shape index (κ2) is 5.37. The molecule has 0 aliphatic heterocycles. The van der Waals surface area contributed by atoms with Crippen LogP contribution in [0, 0.1) is 6.92 Å². The lowest BCUT2D eigenvalue weighted by atomic mass is 10.1. The van der Waals surface area contributed by atoms with Gasteiger partial charge in [-0.1, -0.05) is 0 Å². The Bertz CT molecular complexity index is 729. The van der Waals surface area contributed by atoms with Crippen LogP contribution >= 0.6 is 0 Å². The number of ether oxygens (including phenoxy) is 1. The van der Waals surface area contributed by atoms with E-state index in [1.807, 2.05) is 35.8 Å². The van der Waals surface area contributed by atoms with Crippen molar-refractivity contribution in [1.82, 2.24) is 4.57 Å². The highest BCUT2D eigenvalue weighted by Crippen LogP contribution is 2.37. The lowest BCUT2D eigenvalue weighted by Crippen LogP contribution is -2.24. The molecule has 3 rings (SSSR count). The molecule has 1 aromatic heterocycles. The second-order valence-corrected chi connectivity index (χ2v) is 5.49. The van der Waals surface area contributed by atoms with Crippen molar-refractivity contribution in [1.29, 1.82) is 0 Å². The monoisotopic (exact) mass is 285 g/mol. The van der Waals surface area contributed by atoms with Gasteiger partial charge < -0.3 is 14.4 Å². The zero-order valence-corrected chi connectivity index (χ0v) is 12.3. The van der Waals surface area contributed by atoms with Crippen LogP contribution in [0.2, 0.25) is 0 Å². The van der Waals surface area contributed by atoms with Gasteiger partial charge in [0.15, 0.2) is 0 Å². The smallest absolute Gasteiger partial charge is 0.256 e. The lowest BCUT2D eigenvalue weighted by molar-refractivity contribution is 0.279. The maximum atomic E-state index is 12.5. The van der Waals surface area contributed by atoms with Crippen molar-refractivity contribution in [3.63, 3.8) is 0 Å². The fourth-order valence-corrected chi connectivity index (χ4v) is 2.68. The normalized spacial score (nSPS) is 14.2. The minimum atomic E-state index is -0.215. The summed E-state index contributed by atoms with van der Waals surface area (Å²) in [4.78, 5) is 12.5. The van der Waals surface area contributed by atoms with Crippen molar-refractivity contribution < 1.29 is 9.84 Å². The standard InChI is InChI=1S/C17H19NO3/c1-11-9-12(4-8-16(11)21-2)15-7-3-13(10-19)17(20)18(15)14-5-6-14/h3-4,7-9,14,19H,5-6,10H2,1-2H3. The van der Waals surface area contributed by atoms with Gasteiger partial charge in [-0.2, -0.15) is 0 Å². The fraction of sp³-hybridized carbons (Fsp3) is 0.353. The molecule has 0 unspecified atom stereocenters. The zero-order valence-electron chi connectivity index (χ0n) is 12.3. The first kappa shape index (κ1) is 13.9. The van der Waals surface area contributed by atoms with E-state index in [1.54, 1.807) is 13.2 Å². The first-order chi connectivity index (χ1) is 10.2. The third kappa shape index (κ3) is 2.47. The third-order valence-electron chi connectivity index (χ3n) is 3.97. The van der Waals surface area contributed by atoms with E-state index in [1.165, 1.54) is 0 Å². The summed E-state index contributed by atoms with van der Waals surface area (Å²) in [7, 11) is 1.65. The fourth-order valence-electron chi connectivity index (χ4n) is 2.68. The predicted molar refractivity (Wildman–Crippen MR) is 81.6 cm³/mol. The van der Waals surface area contributed by atoms with Crippen LogP contribution in [0.5, 0.6) is 5.75 Å². The SMILES string of the molecule is COc1ccc(-c2ccc(CO)c(=O)n2C2CC2)cc1C. The molecular formula is C17H19NO3. The Morgan fingerprint density at radius 3 is 2.62 bits per heavy atom. The number of aromatic nitrogens is 1. The molecule has 0 atom stereocenters. The van der Waals surface area contributed by atoms with E-state index in [4.69, 9.17) is 4.74 Å². The molecule has 1 fully saturated rings. The van der Waals surface area contributed by atoms with Crippen molar-refractivity contribution in [2.75, 3.05) is 7.11 Å². The highest BCUT2D eigenvalue weighted by Gasteiger charge is 2.27. The zero-order chi connectivity index (χ0) is 15.0. The minimum absolute atomic E-state index is 0.0778. The molecule has 1 N–H and O–H groups in total. The van der Waals surface area contributed by atoms with E-state index in [-0.39, 0.29) is 18.2 Å². The van der Waals surface area contributed by atoms with Crippen LogP contribution in [0.1, 0.15) is 30.0 Å². The number of aliphatic hydroxyl groups is 1. The van der Waals surface area contributed by atoms with Gasteiger partial charge in [0.2, 0.25) is 0 Å². The maximum absolute atomic E-state index is 12.5. The van der Waals surface area contributed by atoms with Gasteiger partial charge in [0.1, 0.15) is 5.75 Å². The van der Waals surface area contributed by atoms with Crippen LogP contribution in [-0.2, 0) is 6.61 Å². The van der Waals surface area contributed by atoms with Crippen molar-refractivity contribution in [3.05, 3.63) is 51.8 Å². The molecule has 1 aliphatic carbocycles. The highest BCUT2D eigenvalue weighted by molar-refractivity contribution is 5.63. The Labute approximate surface area is 123 Å². The summed E-state index contributed by atoms with van der Waals surface area (Å²) >= 11 is 0. The Morgan fingerprint density at radius 1 is 1.29 bits per heavy atom. The molecule has 0 amide bonds. The molecule has 21 heavy (non-hydrogen) atoms. The van der Waals surface area contributed by atoms with Crippen molar-refractivity contribution in [2.45, 2.75) is 32.4 Å². The summed E-state index contributed by atoms with van der Waals surface area (Å²) in [5, 5.41) is 9.29. The maximum Gasteiger partial charge on any atom is 0.256 e. The van der Waals surface area contributed by atoms with E-state index in [0.717, 1.165) is 35.4 Å². The molecule has 4 nitrogen and oxygen atoms in total. The van der Waals surface area contributed by atoms with E-state index in [2.05, 4.69) is 0 Å². The van der Waals surface area contributed by atoms with E-state index in [9.17, 15) is 9.90 Å². The summed E-state index contributed by atoms with van der Waals surface area (Å²) in [6.07, 6.45) is 2.05. The number of rotatable bonds is 4. The van der Waals surface area contributed by atoms with Gasteiger partial charge in [-0.3, -0.25) is 4.79 Å². The summed E-state index contributed by atoms with van der Waals surface area (Å²) in [5.74, 6) is 0.839. The van der Waals surface area contributed by atoms with Gasteiger partial charge in [0.25, 0.3) is 5.56 Å². The van der Waals surface area contributed by atoms with Gasteiger partial charge in [0.05, 0.1) is 19.4 Å². The molecule has 1 saturated carbocycles. The van der Waals surface area contributed by atoms with Crippen molar-refractivity contribution in [3.8, 4) is 17.0 Å². The second-order valence-electron chi connectivity index (χ2n) is 5.49. The number of hydrogen-bond acceptors (Lipinski definition) is 3. The van der Waals surface area contributed by atoms with E-state index in [0.29, 0.717) is 5.56 Å². The first-order valence-electron chi connectivity index (χ1n) is 7.16. The van der Waals surface area contributed by atoms with Gasteiger partial charge in [0, 0.05) is 11.6 Å². The van der Waals surface area contributed by atoms with E-state index < -0.39 is 0 Å². The Kier molecular flexibility index (Phi) is 3.55. The molecule has 0 spiro atoms. The molecular weight excluding hydrogens is 266 g/mol. The highest BCUT2D eigenvalue weighted by atomic mass is 16.5. The Hall–Kier alpha value is -2.07. The molecule has 0 bridgehead atoms. The average Bonchev–Trinajstić information content (AvgIpc) is 3.31. The van der Waals surface area contributed by atoms with Crippen LogP contribution in [-0.4, -0.2) is 16.8 Å². The lowest BCUT2D eigenvalue weighted by Gasteiger charge is -2.15. The Morgan fingerprint density at radius 2 is 2.05 bits per heavy atom. The van der Waals surface area contributed by atoms with Crippen LogP contribution in [0.4, 0.5) is 0 Å². The topological polar surface area (TPSA) is 51.5 Å². The largest absolute Gasteiger partial charge is 0.496 e. The summed E-state index contributed by atoms with van der Waals surface area (Å²) in [6.45, 7) is 1.78. The first-order valence-corrected chi connectivity index (χ1v) is 7.16. The molecule has 2 aromatic rings. The number of aliphatic hydroxyl groups excluding tert-OH is 1. The average molecular weight is 285 g/mol. The van der Waals surface area contributed by atoms with Gasteiger partial charge in [-0.15, -0.1) is 0 Å². The number of aryl methyl sites for hydroxylation is 1. The molecule has 1 heterocycles. The molecule has 0 saturated heterocycles. The number of pyridine rings is 1. The van der Waals surface area contributed by atoms with Gasteiger partial charge >= 0.3 is 0 Å². The molecule has 110 valence electrons. The predicted octanol–water partition coefficient (Wildman–Crippen LogP) is 2.66. The number of methoxy groups -OCH3 is 1. The molecule has 1 aliphatic rings. The molecule has 4 heteroatoms. The van der Waals surface area contributed by atoms with Crippen molar-refractivity contribution in [2.24, 2.45) is 0 Å². The quantitative estimate of drug-likeness (QED) is 0.939. The van der Waals surface area contributed by atoms with E-state index >= 15 is 0 Å². The third-order valence-corrected chi connectivity index (χ3v) is 3.97. The van der Waals surface area contributed by atoms with Crippen LogP contribution in [0.3, 0.4) is 0 Å². The molecule has 0 radical (unpaired) electrons. The van der Waals surface area contributed by atoms with Crippen LogP contribution < -0.4 is 10.3 Å². The summed E-state index contributed by atoms with van der Waals surface area (Å²) in [5.41, 5.74) is 3.32. The number of nitrogens with zero attached hydrogens (tertiary/aromatic N) is 1. The minimum Gasteiger partial charge on any atom is -0.496 e. The Balaban J connectivity index is 2.16.